The van der Waals surface area contributed by atoms with E-state index in [4.69, 9.17) is 18.9 Å². The molecule has 0 saturated heterocycles. The van der Waals surface area contributed by atoms with E-state index in [-0.39, 0.29) is 0 Å². The maximum absolute atomic E-state index is 6.28. The predicted octanol–water partition coefficient (Wildman–Crippen LogP) is 19.7. The van der Waals surface area contributed by atoms with Gasteiger partial charge in [0.15, 0.2) is 0 Å². The van der Waals surface area contributed by atoms with Crippen molar-refractivity contribution in [2.45, 2.75) is 27.7 Å². The summed E-state index contributed by atoms with van der Waals surface area (Å²) in [6.07, 6.45) is 0. The Kier molecular flexibility index (Phi) is 12.6. The van der Waals surface area contributed by atoms with Crippen molar-refractivity contribution < 1.29 is 18.9 Å². The SMILES string of the molecule is C/C1=C(\C)c2ccc(cc2)Oc2ccc(cc2)-c2ccc(cc2)-c2ccc(cc2)Oc2ccc(cc2)/C(C)=C(/C)c2ccc(cc2)Oc2ccc(cc2)-c2ccc(cc2)-c2ccc(cc2)Oc2ccc1cc2. The molecule has 16 heterocycles. The van der Waals surface area contributed by atoms with E-state index in [1.54, 1.807) is 0 Å². The van der Waals surface area contributed by atoms with Crippen LogP contribution in [0.25, 0.3) is 66.8 Å². The smallest absolute Gasteiger partial charge is 0.127 e. The highest BCUT2D eigenvalue weighted by Gasteiger charge is 2.11. The van der Waals surface area contributed by atoms with Crippen LogP contribution in [0.3, 0.4) is 0 Å². The molecule has 16 aliphatic heterocycles. The van der Waals surface area contributed by atoms with E-state index in [2.05, 4.69) is 173 Å². The molecule has 16 aliphatic rings. The van der Waals surface area contributed by atoms with Gasteiger partial charge in [-0.15, -0.1) is 0 Å². The van der Waals surface area contributed by atoms with E-state index in [0.29, 0.717) is 0 Å². The lowest BCUT2D eigenvalue weighted by atomic mass is 9.97. The van der Waals surface area contributed by atoms with Crippen LogP contribution < -0.4 is 18.9 Å². The Morgan fingerprint density at radius 1 is 0.139 bits per heavy atom. The number of hydrogen-bond acceptors (Lipinski definition) is 4. The number of allylic oxidation sites excluding steroid dienone is 4. The number of benzene rings is 10. The molecule has 4 heteroatoms. The third-order valence-electron chi connectivity index (χ3n) is 13.7. The lowest BCUT2D eigenvalue weighted by Gasteiger charge is -2.12. The van der Waals surface area contributed by atoms with Crippen molar-refractivity contribution in [2.24, 2.45) is 0 Å². The maximum atomic E-state index is 6.28. The van der Waals surface area contributed by atoms with Crippen molar-refractivity contribution in [3.8, 4) is 90.5 Å². The Hall–Kier alpha value is -9.12. The third kappa shape index (κ3) is 10.1. The molecule has 0 amide bonds. The van der Waals surface area contributed by atoms with Gasteiger partial charge in [0.2, 0.25) is 0 Å². The molecule has 10 aromatic rings. The molecule has 0 saturated carbocycles. The average molecular weight is 933 g/mol. The van der Waals surface area contributed by atoms with Gasteiger partial charge in [-0.3, -0.25) is 0 Å². The highest BCUT2D eigenvalue weighted by atomic mass is 16.5. The van der Waals surface area contributed by atoms with Crippen LogP contribution in [-0.2, 0) is 0 Å². The molecule has 0 aromatic heterocycles. The first-order chi connectivity index (χ1) is 35.2. The largest absolute Gasteiger partial charge is 0.457 e. The summed E-state index contributed by atoms with van der Waals surface area (Å²) in [7, 11) is 0. The monoisotopic (exact) mass is 932 g/mol. The molecule has 20 bridgehead atoms. The Bertz CT molecular complexity index is 3050. The number of hydrogen-bond donors (Lipinski definition) is 0. The van der Waals surface area contributed by atoms with Gasteiger partial charge in [-0.1, -0.05) is 146 Å². The van der Waals surface area contributed by atoms with Crippen LogP contribution in [0.4, 0.5) is 0 Å². The number of rotatable bonds is 0. The zero-order chi connectivity index (χ0) is 49.0. The first-order valence-corrected chi connectivity index (χ1v) is 24.3. The second kappa shape index (κ2) is 20.1. The Balaban J connectivity index is 0.833. The number of ether oxygens (including phenoxy) is 4. The fourth-order valence-electron chi connectivity index (χ4n) is 9.07. The lowest BCUT2D eigenvalue weighted by Crippen LogP contribution is -1.90. The molecule has 0 aliphatic carbocycles. The van der Waals surface area contributed by atoms with Gasteiger partial charge in [0.1, 0.15) is 46.0 Å². The molecule has 0 fully saturated rings. The summed E-state index contributed by atoms with van der Waals surface area (Å²) in [5.41, 5.74) is 18.4. The van der Waals surface area contributed by atoms with Crippen LogP contribution in [0.1, 0.15) is 49.9 Å². The maximum Gasteiger partial charge on any atom is 0.127 e. The van der Waals surface area contributed by atoms with E-state index in [1.807, 2.05) is 97.1 Å². The molecular formula is C68H52O4. The fraction of sp³-hybridized carbons (Fsp3) is 0.0588. The van der Waals surface area contributed by atoms with Crippen LogP contribution in [-0.4, -0.2) is 0 Å². The van der Waals surface area contributed by atoms with E-state index < -0.39 is 0 Å². The molecule has 0 spiro atoms. The van der Waals surface area contributed by atoms with Crippen molar-refractivity contribution in [1.29, 1.82) is 0 Å². The van der Waals surface area contributed by atoms with Gasteiger partial charge in [0.25, 0.3) is 0 Å². The Morgan fingerprint density at radius 3 is 0.361 bits per heavy atom. The van der Waals surface area contributed by atoms with Crippen molar-refractivity contribution >= 4 is 22.3 Å². The molecule has 0 atom stereocenters. The summed E-state index contributed by atoms with van der Waals surface area (Å²) in [6, 6.07) is 83.5. The van der Waals surface area contributed by atoms with Crippen molar-refractivity contribution in [2.75, 3.05) is 0 Å². The highest BCUT2D eigenvalue weighted by Crippen LogP contribution is 2.36. The fourth-order valence-corrected chi connectivity index (χ4v) is 9.07. The van der Waals surface area contributed by atoms with Crippen LogP contribution >= 0.6 is 0 Å². The van der Waals surface area contributed by atoms with Crippen molar-refractivity contribution in [3.63, 3.8) is 0 Å². The molecular weight excluding hydrogens is 881 g/mol. The topological polar surface area (TPSA) is 36.9 Å². The van der Waals surface area contributed by atoms with E-state index in [0.717, 1.165) is 113 Å². The van der Waals surface area contributed by atoms with Crippen molar-refractivity contribution in [3.05, 3.63) is 265 Å². The second-order valence-corrected chi connectivity index (χ2v) is 18.3. The average Bonchev–Trinajstić information content (AvgIpc) is 3.44. The standard InChI is InChI=1S/C68H52O4/c1-45-46(2)50-15-31-62(32-16-50)70-66-39-23-58(24-40-66)54-9-11-56(12-10-54)60-27-43-68(44-28-60)72-64-35-19-52(20-36-64)48(4)47(3)51-17-33-63(34-18-51)71-67-41-25-59(26-42-67)55-7-5-53(6-8-55)57-21-37-65(38-22-57)69-61-29-13-49(45)14-30-61/h5-44H,1-4H3/b46-45-,48-47-. The summed E-state index contributed by atoms with van der Waals surface area (Å²) in [5.74, 6) is 6.30. The van der Waals surface area contributed by atoms with Gasteiger partial charge in [-0.2, -0.15) is 0 Å². The van der Waals surface area contributed by atoms with E-state index >= 15 is 0 Å². The second-order valence-electron chi connectivity index (χ2n) is 18.3. The molecule has 26 rings (SSSR count). The van der Waals surface area contributed by atoms with Crippen LogP contribution in [0.2, 0.25) is 0 Å². The minimum absolute atomic E-state index is 0.787. The molecule has 10 aromatic carbocycles. The van der Waals surface area contributed by atoms with Crippen LogP contribution in [0, 0.1) is 0 Å². The zero-order valence-electron chi connectivity index (χ0n) is 40.7. The van der Waals surface area contributed by atoms with E-state index in [9.17, 15) is 0 Å². The quantitative estimate of drug-likeness (QED) is 0.152. The first-order valence-electron chi connectivity index (χ1n) is 24.3. The predicted molar refractivity (Wildman–Crippen MR) is 297 cm³/mol. The molecule has 0 radical (unpaired) electrons. The summed E-state index contributed by atoms with van der Waals surface area (Å²) in [6.45, 7) is 8.65. The lowest BCUT2D eigenvalue weighted by molar-refractivity contribution is 0.482. The molecule has 0 unspecified atom stereocenters. The zero-order valence-corrected chi connectivity index (χ0v) is 40.7. The van der Waals surface area contributed by atoms with Gasteiger partial charge >= 0.3 is 0 Å². The molecule has 72 heavy (non-hydrogen) atoms. The molecule has 4 nitrogen and oxygen atoms in total. The van der Waals surface area contributed by atoms with Crippen LogP contribution in [0.5, 0.6) is 46.0 Å². The first kappa shape index (κ1) is 45.3. The normalized spacial score (nSPS) is 14.5. The van der Waals surface area contributed by atoms with Gasteiger partial charge in [-0.25, -0.2) is 0 Å². The minimum atomic E-state index is 0.787. The summed E-state index contributed by atoms with van der Waals surface area (Å²) >= 11 is 0. The Labute approximate surface area is 422 Å². The minimum Gasteiger partial charge on any atom is -0.457 e. The highest BCUT2D eigenvalue weighted by molar-refractivity contribution is 5.90. The van der Waals surface area contributed by atoms with Gasteiger partial charge < -0.3 is 18.9 Å². The van der Waals surface area contributed by atoms with Crippen molar-refractivity contribution in [1.82, 2.24) is 0 Å². The van der Waals surface area contributed by atoms with Gasteiger partial charge in [-0.05, 0) is 214 Å². The summed E-state index contributed by atoms with van der Waals surface area (Å²) < 4.78 is 25.1. The Morgan fingerprint density at radius 2 is 0.236 bits per heavy atom. The molecule has 0 N–H and O–H groups in total. The summed E-state index contributed by atoms with van der Waals surface area (Å²) in [5, 5.41) is 0. The molecule has 348 valence electrons. The summed E-state index contributed by atoms with van der Waals surface area (Å²) in [4.78, 5) is 0. The van der Waals surface area contributed by atoms with Gasteiger partial charge in [0.05, 0.1) is 0 Å². The van der Waals surface area contributed by atoms with Crippen LogP contribution in [0.15, 0.2) is 243 Å². The van der Waals surface area contributed by atoms with E-state index in [1.165, 1.54) is 22.3 Å². The third-order valence-corrected chi connectivity index (χ3v) is 13.7. The van der Waals surface area contributed by atoms with Gasteiger partial charge in [0, 0.05) is 0 Å².